The summed E-state index contributed by atoms with van der Waals surface area (Å²) in [5.74, 6) is -1.02. The number of carboxylic acid groups (broad SMARTS) is 1. The highest BCUT2D eigenvalue weighted by molar-refractivity contribution is 7.88. The largest absolute Gasteiger partial charge is 0.481 e. The molecular formula is C6H15NO4S. The van der Waals surface area contributed by atoms with E-state index < -0.39 is 16.0 Å². The van der Waals surface area contributed by atoms with E-state index in [0.717, 1.165) is 6.26 Å². The lowest BCUT2D eigenvalue weighted by Crippen LogP contribution is -2.24. The molecule has 74 valence electrons. The number of sulfonamides is 1. The highest BCUT2D eigenvalue weighted by atomic mass is 32.2. The van der Waals surface area contributed by atoms with Gasteiger partial charge < -0.3 is 5.11 Å². The average molecular weight is 197 g/mol. The van der Waals surface area contributed by atoms with Gasteiger partial charge in [0.2, 0.25) is 10.0 Å². The highest BCUT2D eigenvalue weighted by Gasteiger charge is 2.01. The van der Waals surface area contributed by atoms with E-state index in [1.165, 1.54) is 0 Å². The lowest BCUT2D eigenvalue weighted by atomic mass is 10.5. The van der Waals surface area contributed by atoms with Crippen LogP contribution in [-0.4, -0.2) is 32.3 Å². The minimum Gasteiger partial charge on any atom is -0.481 e. The number of nitrogens with one attached hydrogen (secondary N) is 1. The van der Waals surface area contributed by atoms with E-state index in [1.807, 2.05) is 18.6 Å². The average Bonchev–Trinajstić information content (AvgIpc) is 1.88. The monoisotopic (exact) mass is 197 g/mol. The van der Waals surface area contributed by atoms with Crippen molar-refractivity contribution in [3.05, 3.63) is 0 Å². The van der Waals surface area contributed by atoms with E-state index in [1.54, 1.807) is 0 Å². The summed E-state index contributed by atoms with van der Waals surface area (Å²) in [5, 5.41) is 8.08. The Labute approximate surface area is 72.8 Å². The van der Waals surface area contributed by atoms with Crippen LogP contribution in [0.5, 0.6) is 0 Å². The van der Waals surface area contributed by atoms with E-state index in [4.69, 9.17) is 5.11 Å². The quantitative estimate of drug-likeness (QED) is 0.666. The SMILES string of the molecule is CC.CS(=O)(=O)NCCC(=O)O. The summed E-state index contributed by atoms with van der Waals surface area (Å²) in [7, 11) is -3.23. The summed E-state index contributed by atoms with van der Waals surface area (Å²) in [4.78, 5) is 9.85. The van der Waals surface area contributed by atoms with Gasteiger partial charge in [-0.2, -0.15) is 0 Å². The third-order valence-electron chi connectivity index (χ3n) is 0.703. The summed E-state index contributed by atoms with van der Waals surface area (Å²) in [6, 6.07) is 0. The summed E-state index contributed by atoms with van der Waals surface area (Å²) < 4.78 is 22.7. The van der Waals surface area contributed by atoms with Gasteiger partial charge in [0, 0.05) is 6.54 Å². The van der Waals surface area contributed by atoms with Crippen LogP contribution in [0.4, 0.5) is 0 Å². The first kappa shape index (κ1) is 13.9. The molecule has 0 aromatic heterocycles. The zero-order valence-electron chi connectivity index (χ0n) is 7.49. The third-order valence-corrected chi connectivity index (χ3v) is 1.43. The lowest BCUT2D eigenvalue weighted by Gasteiger charge is -1.96. The van der Waals surface area contributed by atoms with Crippen LogP contribution in [0.3, 0.4) is 0 Å². The molecule has 5 nitrogen and oxygen atoms in total. The summed E-state index contributed by atoms with van der Waals surface area (Å²) in [5.41, 5.74) is 0. The minimum atomic E-state index is -3.23. The summed E-state index contributed by atoms with van der Waals surface area (Å²) >= 11 is 0. The van der Waals surface area contributed by atoms with Crippen LogP contribution in [0, 0.1) is 0 Å². The van der Waals surface area contributed by atoms with Crippen molar-refractivity contribution >= 4 is 16.0 Å². The van der Waals surface area contributed by atoms with Crippen molar-refractivity contribution in [3.63, 3.8) is 0 Å². The molecule has 0 fully saturated rings. The molecular weight excluding hydrogens is 182 g/mol. The predicted octanol–water partition coefficient (Wildman–Crippen LogP) is 0.0365. The van der Waals surface area contributed by atoms with Crippen molar-refractivity contribution in [1.29, 1.82) is 0 Å². The van der Waals surface area contributed by atoms with Crippen LogP contribution in [-0.2, 0) is 14.8 Å². The molecule has 0 rings (SSSR count). The second-order valence-corrected chi connectivity index (χ2v) is 3.64. The second-order valence-electron chi connectivity index (χ2n) is 1.81. The maximum absolute atomic E-state index is 10.3. The van der Waals surface area contributed by atoms with Crippen LogP contribution < -0.4 is 4.72 Å². The number of aliphatic carboxylic acids is 1. The van der Waals surface area contributed by atoms with Gasteiger partial charge in [-0.05, 0) is 0 Å². The number of rotatable bonds is 4. The van der Waals surface area contributed by atoms with E-state index in [-0.39, 0.29) is 13.0 Å². The van der Waals surface area contributed by atoms with Crippen LogP contribution in [0.2, 0.25) is 0 Å². The van der Waals surface area contributed by atoms with Crippen molar-refractivity contribution in [2.24, 2.45) is 0 Å². The maximum atomic E-state index is 10.3. The van der Waals surface area contributed by atoms with Gasteiger partial charge in [0.15, 0.2) is 0 Å². The molecule has 0 radical (unpaired) electrons. The Morgan fingerprint density at radius 1 is 1.42 bits per heavy atom. The third kappa shape index (κ3) is 16.2. The molecule has 0 heterocycles. The van der Waals surface area contributed by atoms with Gasteiger partial charge in [0.25, 0.3) is 0 Å². The molecule has 0 atom stereocenters. The predicted molar refractivity (Wildman–Crippen MR) is 46.4 cm³/mol. The zero-order chi connectivity index (χ0) is 10.2. The smallest absolute Gasteiger partial charge is 0.304 e. The Balaban J connectivity index is 0. The normalized spacial score (nSPS) is 9.92. The van der Waals surface area contributed by atoms with Crippen molar-refractivity contribution in [1.82, 2.24) is 4.72 Å². The van der Waals surface area contributed by atoms with Gasteiger partial charge in [-0.1, -0.05) is 13.8 Å². The van der Waals surface area contributed by atoms with Crippen molar-refractivity contribution in [2.75, 3.05) is 12.8 Å². The first-order chi connectivity index (χ1) is 5.42. The Morgan fingerprint density at radius 2 is 1.83 bits per heavy atom. The molecule has 2 N–H and O–H groups in total. The van der Waals surface area contributed by atoms with Crippen LogP contribution >= 0.6 is 0 Å². The molecule has 0 aromatic carbocycles. The van der Waals surface area contributed by atoms with E-state index in [0.29, 0.717) is 0 Å². The Bertz CT molecular complexity index is 210. The van der Waals surface area contributed by atoms with Crippen LogP contribution in [0.25, 0.3) is 0 Å². The van der Waals surface area contributed by atoms with Gasteiger partial charge in [0.05, 0.1) is 12.7 Å². The molecule has 0 aliphatic rings. The lowest BCUT2D eigenvalue weighted by molar-refractivity contribution is -0.136. The molecule has 0 saturated carbocycles. The molecule has 0 spiro atoms. The Morgan fingerprint density at radius 3 is 2.08 bits per heavy atom. The molecule has 0 saturated heterocycles. The molecule has 0 aromatic rings. The van der Waals surface area contributed by atoms with Gasteiger partial charge in [-0.25, -0.2) is 13.1 Å². The van der Waals surface area contributed by atoms with Gasteiger partial charge in [-0.15, -0.1) is 0 Å². The standard InChI is InChI=1S/C4H9NO4S.C2H6/c1-10(8,9)5-3-2-4(6)7;1-2/h5H,2-3H2,1H3,(H,6,7);1-2H3. The van der Waals surface area contributed by atoms with E-state index in [2.05, 4.69) is 0 Å². The molecule has 12 heavy (non-hydrogen) atoms. The van der Waals surface area contributed by atoms with E-state index in [9.17, 15) is 13.2 Å². The number of hydrogen-bond donors (Lipinski definition) is 2. The Kier molecular flexibility index (Phi) is 8.19. The van der Waals surface area contributed by atoms with Crippen molar-refractivity contribution in [2.45, 2.75) is 20.3 Å². The fourth-order valence-electron chi connectivity index (χ4n) is 0.343. The van der Waals surface area contributed by atoms with Crippen LogP contribution in [0.1, 0.15) is 20.3 Å². The summed E-state index contributed by atoms with van der Waals surface area (Å²) in [6.07, 6.45) is 0.794. The van der Waals surface area contributed by atoms with Gasteiger partial charge in [-0.3, -0.25) is 4.79 Å². The van der Waals surface area contributed by atoms with Crippen LogP contribution in [0.15, 0.2) is 0 Å². The molecule has 0 aliphatic carbocycles. The van der Waals surface area contributed by atoms with Crippen molar-refractivity contribution in [3.8, 4) is 0 Å². The second kappa shape index (κ2) is 7.05. The van der Waals surface area contributed by atoms with Gasteiger partial charge in [0.1, 0.15) is 0 Å². The minimum absolute atomic E-state index is 0.0475. The number of carboxylic acids is 1. The fraction of sp³-hybridized carbons (Fsp3) is 0.833. The van der Waals surface area contributed by atoms with E-state index >= 15 is 0 Å². The molecule has 6 heteroatoms. The molecule has 0 bridgehead atoms. The van der Waals surface area contributed by atoms with Gasteiger partial charge >= 0.3 is 5.97 Å². The number of hydrogen-bond acceptors (Lipinski definition) is 3. The Hall–Kier alpha value is -0.620. The maximum Gasteiger partial charge on any atom is 0.304 e. The first-order valence-corrected chi connectivity index (χ1v) is 5.47. The zero-order valence-corrected chi connectivity index (χ0v) is 8.31. The first-order valence-electron chi connectivity index (χ1n) is 3.58. The topological polar surface area (TPSA) is 83.5 Å². The number of carbonyl (C=O) groups is 1. The van der Waals surface area contributed by atoms with Crippen molar-refractivity contribution < 1.29 is 18.3 Å². The summed E-state index contributed by atoms with van der Waals surface area (Å²) in [6.45, 7) is 3.95. The fourth-order valence-corrected chi connectivity index (χ4v) is 0.816. The molecule has 0 aliphatic heterocycles. The highest BCUT2D eigenvalue weighted by Crippen LogP contribution is 1.78. The molecule has 0 amide bonds. The molecule has 0 unspecified atom stereocenters.